The molecule has 0 bridgehead atoms. The van der Waals surface area contributed by atoms with Gasteiger partial charge in [0, 0.05) is 12.6 Å². The molecule has 0 amide bonds. The molecule has 18 heavy (non-hydrogen) atoms. The maximum atomic E-state index is 6.39. The van der Waals surface area contributed by atoms with Gasteiger partial charge in [0.15, 0.2) is 0 Å². The van der Waals surface area contributed by atoms with Crippen LogP contribution in [-0.4, -0.2) is 24.0 Å². The Kier molecular flexibility index (Phi) is 5.22. The summed E-state index contributed by atoms with van der Waals surface area (Å²) in [6.07, 6.45) is 5.07. The summed E-state index contributed by atoms with van der Waals surface area (Å²) in [6.45, 7) is 6.95. The second-order valence-electron chi connectivity index (χ2n) is 5.49. The first-order valence-electron chi connectivity index (χ1n) is 7.28. The molecular formula is C15H26N2S. The van der Waals surface area contributed by atoms with Gasteiger partial charge in [-0.3, -0.25) is 4.90 Å². The summed E-state index contributed by atoms with van der Waals surface area (Å²) in [5, 5.41) is 4.45. The maximum Gasteiger partial charge on any atom is 0.0507 e. The summed E-state index contributed by atoms with van der Waals surface area (Å²) in [4.78, 5) is 2.63. The van der Waals surface area contributed by atoms with Gasteiger partial charge in [0.05, 0.1) is 6.04 Å². The minimum absolute atomic E-state index is 0.259. The Morgan fingerprint density at radius 2 is 2.33 bits per heavy atom. The van der Waals surface area contributed by atoms with Crippen LogP contribution in [0.15, 0.2) is 16.8 Å². The van der Waals surface area contributed by atoms with Gasteiger partial charge >= 0.3 is 0 Å². The highest BCUT2D eigenvalue weighted by molar-refractivity contribution is 7.07. The number of nitrogens with two attached hydrogens (primary N) is 1. The predicted molar refractivity (Wildman–Crippen MR) is 79.9 cm³/mol. The first kappa shape index (κ1) is 14.0. The third kappa shape index (κ3) is 3.14. The van der Waals surface area contributed by atoms with Crippen LogP contribution in [0, 0.1) is 5.92 Å². The molecule has 2 heterocycles. The van der Waals surface area contributed by atoms with Crippen LogP contribution in [0.2, 0.25) is 0 Å². The Labute approximate surface area is 115 Å². The van der Waals surface area contributed by atoms with E-state index in [1.165, 1.54) is 37.9 Å². The number of nitrogens with zero attached hydrogens (tertiary/aromatic N) is 1. The standard InChI is InChI=1S/C15H26N2S/c1-3-12-6-5-8-17(10-12)15(14(16)4-2)13-7-9-18-11-13/h7,9,11-12,14-15H,3-6,8,10,16H2,1-2H3. The summed E-state index contributed by atoms with van der Waals surface area (Å²) in [7, 11) is 0. The Morgan fingerprint density at radius 1 is 1.50 bits per heavy atom. The average molecular weight is 266 g/mol. The number of likely N-dealkylation sites (tertiary alicyclic amines) is 1. The van der Waals surface area contributed by atoms with Crippen molar-refractivity contribution in [3.05, 3.63) is 22.4 Å². The zero-order chi connectivity index (χ0) is 13.0. The molecule has 2 rings (SSSR count). The molecule has 3 atom stereocenters. The smallest absolute Gasteiger partial charge is 0.0507 e. The summed E-state index contributed by atoms with van der Waals surface area (Å²) < 4.78 is 0. The molecule has 0 aliphatic carbocycles. The van der Waals surface area contributed by atoms with Crippen molar-refractivity contribution in [3.8, 4) is 0 Å². The normalized spacial score (nSPS) is 24.9. The highest BCUT2D eigenvalue weighted by Gasteiger charge is 2.29. The van der Waals surface area contributed by atoms with Crippen molar-refractivity contribution >= 4 is 11.3 Å². The summed E-state index contributed by atoms with van der Waals surface area (Å²) in [6, 6.07) is 2.94. The van der Waals surface area contributed by atoms with Crippen LogP contribution in [0.1, 0.15) is 51.1 Å². The molecule has 0 aromatic carbocycles. The van der Waals surface area contributed by atoms with E-state index in [9.17, 15) is 0 Å². The zero-order valence-electron chi connectivity index (χ0n) is 11.6. The number of hydrogen-bond acceptors (Lipinski definition) is 3. The third-order valence-electron chi connectivity index (χ3n) is 4.28. The topological polar surface area (TPSA) is 29.3 Å². The predicted octanol–water partition coefficient (Wildman–Crippen LogP) is 3.65. The molecule has 3 unspecified atom stereocenters. The number of hydrogen-bond donors (Lipinski definition) is 1. The van der Waals surface area contributed by atoms with Crippen LogP contribution in [-0.2, 0) is 0 Å². The number of rotatable bonds is 5. The van der Waals surface area contributed by atoms with Gasteiger partial charge in [-0.25, -0.2) is 0 Å². The largest absolute Gasteiger partial charge is 0.326 e. The molecule has 2 N–H and O–H groups in total. The quantitative estimate of drug-likeness (QED) is 0.881. The van der Waals surface area contributed by atoms with E-state index in [2.05, 4.69) is 35.6 Å². The Hall–Kier alpha value is -0.380. The molecule has 1 aliphatic heterocycles. The van der Waals surface area contributed by atoms with Crippen molar-refractivity contribution in [1.29, 1.82) is 0 Å². The summed E-state index contributed by atoms with van der Waals surface area (Å²) in [5.41, 5.74) is 7.81. The lowest BCUT2D eigenvalue weighted by Crippen LogP contribution is -2.45. The highest BCUT2D eigenvalue weighted by atomic mass is 32.1. The molecule has 1 fully saturated rings. The molecule has 0 saturated carbocycles. The van der Waals surface area contributed by atoms with Crippen molar-refractivity contribution in [1.82, 2.24) is 4.90 Å². The van der Waals surface area contributed by atoms with Crippen LogP contribution in [0.5, 0.6) is 0 Å². The highest BCUT2D eigenvalue weighted by Crippen LogP contribution is 2.31. The van der Waals surface area contributed by atoms with E-state index in [4.69, 9.17) is 5.73 Å². The van der Waals surface area contributed by atoms with Crippen molar-refractivity contribution in [3.63, 3.8) is 0 Å². The third-order valence-corrected chi connectivity index (χ3v) is 4.98. The molecule has 3 heteroatoms. The SMILES string of the molecule is CCC1CCCN(C(c2ccsc2)C(N)CC)C1. The monoisotopic (exact) mass is 266 g/mol. The average Bonchev–Trinajstić information content (AvgIpc) is 2.93. The molecule has 102 valence electrons. The van der Waals surface area contributed by atoms with Crippen molar-refractivity contribution in [2.75, 3.05) is 13.1 Å². The van der Waals surface area contributed by atoms with Gasteiger partial charge in [0.25, 0.3) is 0 Å². The van der Waals surface area contributed by atoms with Crippen LogP contribution >= 0.6 is 11.3 Å². The molecule has 1 aliphatic rings. The minimum atomic E-state index is 0.259. The Balaban J connectivity index is 2.13. The zero-order valence-corrected chi connectivity index (χ0v) is 12.5. The van der Waals surface area contributed by atoms with Crippen molar-refractivity contribution < 1.29 is 0 Å². The van der Waals surface area contributed by atoms with Crippen LogP contribution < -0.4 is 5.73 Å². The fraction of sp³-hybridized carbons (Fsp3) is 0.733. The lowest BCUT2D eigenvalue weighted by molar-refractivity contribution is 0.104. The van der Waals surface area contributed by atoms with E-state index in [1.54, 1.807) is 11.3 Å². The molecule has 2 nitrogen and oxygen atoms in total. The number of piperidine rings is 1. The van der Waals surface area contributed by atoms with Gasteiger partial charge in [-0.1, -0.05) is 20.3 Å². The van der Waals surface area contributed by atoms with Gasteiger partial charge in [-0.05, 0) is 54.1 Å². The fourth-order valence-corrected chi connectivity index (χ4v) is 3.77. The van der Waals surface area contributed by atoms with E-state index in [0.29, 0.717) is 6.04 Å². The first-order chi connectivity index (χ1) is 8.76. The van der Waals surface area contributed by atoms with Gasteiger partial charge in [0.2, 0.25) is 0 Å². The van der Waals surface area contributed by atoms with Gasteiger partial charge in [0.1, 0.15) is 0 Å². The lowest BCUT2D eigenvalue weighted by Gasteiger charge is -2.40. The molecular weight excluding hydrogens is 240 g/mol. The Bertz CT molecular complexity index is 336. The summed E-state index contributed by atoms with van der Waals surface area (Å²) in [5.74, 6) is 0.865. The summed E-state index contributed by atoms with van der Waals surface area (Å²) >= 11 is 1.78. The molecule has 0 spiro atoms. The van der Waals surface area contributed by atoms with Crippen molar-refractivity contribution in [2.24, 2.45) is 11.7 Å². The van der Waals surface area contributed by atoms with E-state index in [0.717, 1.165) is 12.3 Å². The van der Waals surface area contributed by atoms with E-state index >= 15 is 0 Å². The van der Waals surface area contributed by atoms with E-state index in [-0.39, 0.29) is 6.04 Å². The molecule has 1 saturated heterocycles. The molecule has 1 aromatic heterocycles. The van der Waals surface area contributed by atoms with Crippen LogP contribution in [0.4, 0.5) is 0 Å². The number of thiophene rings is 1. The van der Waals surface area contributed by atoms with Gasteiger partial charge in [-0.2, -0.15) is 11.3 Å². The van der Waals surface area contributed by atoms with Crippen molar-refractivity contribution in [2.45, 2.75) is 51.6 Å². The van der Waals surface area contributed by atoms with E-state index < -0.39 is 0 Å². The first-order valence-corrected chi connectivity index (χ1v) is 8.22. The molecule has 0 radical (unpaired) electrons. The fourth-order valence-electron chi connectivity index (χ4n) is 3.08. The van der Waals surface area contributed by atoms with E-state index in [1.807, 2.05) is 0 Å². The molecule has 1 aromatic rings. The van der Waals surface area contributed by atoms with Gasteiger partial charge < -0.3 is 5.73 Å². The Morgan fingerprint density at radius 3 is 2.94 bits per heavy atom. The van der Waals surface area contributed by atoms with Gasteiger partial charge in [-0.15, -0.1) is 0 Å². The lowest BCUT2D eigenvalue weighted by atomic mass is 9.91. The second kappa shape index (κ2) is 6.69. The van der Waals surface area contributed by atoms with Crippen LogP contribution in [0.3, 0.4) is 0 Å². The second-order valence-corrected chi connectivity index (χ2v) is 6.27. The van der Waals surface area contributed by atoms with Crippen LogP contribution in [0.25, 0.3) is 0 Å². The maximum absolute atomic E-state index is 6.39. The minimum Gasteiger partial charge on any atom is -0.326 e.